The molecule has 2 amide bonds. The van der Waals surface area contributed by atoms with Gasteiger partial charge in [-0.05, 0) is 66.3 Å². The molecule has 3 aromatic rings. The first-order valence-corrected chi connectivity index (χ1v) is 14.2. The monoisotopic (exact) mass is 597 g/mol. The Hall–Kier alpha value is -3.33. The molecule has 2 heterocycles. The first kappa shape index (κ1) is 27.8. The fraction of sp³-hybridized carbons (Fsp3) is 0.323. The highest BCUT2D eigenvalue weighted by atomic mass is 35.5. The van der Waals surface area contributed by atoms with Crippen LogP contribution in [0.15, 0.2) is 65.7 Å². The van der Waals surface area contributed by atoms with Gasteiger partial charge in [0, 0.05) is 34.8 Å². The number of fused-ring (bicyclic) bond motifs is 2. The molecule has 1 N–H and O–H groups in total. The van der Waals surface area contributed by atoms with Crippen LogP contribution in [-0.2, 0) is 27.4 Å². The number of amides is 2. The van der Waals surface area contributed by atoms with E-state index < -0.39 is 23.3 Å². The molecule has 1 saturated heterocycles. The molecule has 3 aromatic carbocycles. The molecule has 2 atom stereocenters. The maximum atomic E-state index is 15.3. The Morgan fingerprint density at radius 3 is 2.68 bits per heavy atom. The van der Waals surface area contributed by atoms with Crippen molar-refractivity contribution in [3.63, 3.8) is 0 Å². The Balaban J connectivity index is 1.09. The third-order valence-corrected chi connectivity index (χ3v) is 8.73. The van der Waals surface area contributed by atoms with Crippen LogP contribution >= 0.6 is 23.2 Å². The van der Waals surface area contributed by atoms with Crippen molar-refractivity contribution in [2.45, 2.75) is 43.6 Å². The van der Waals surface area contributed by atoms with Crippen molar-refractivity contribution in [1.29, 1.82) is 0 Å². The average Bonchev–Trinajstić information content (AvgIpc) is 3.55. The van der Waals surface area contributed by atoms with Gasteiger partial charge in [-0.15, -0.1) is 0 Å². The lowest BCUT2D eigenvalue weighted by Gasteiger charge is -2.48. The summed E-state index contributed by atoms with van der Waals surface area (Å²) in [7, 11) is 0. The normalized spacial score (nSPS) is 22.5. The fourth-order valence-electron chi connectivity index (χ4n) is 5.98. The molecule has 3 aliphatic rings. The highest BCUT2D eigenvalue weighted by Gasteiger charge is 2.68. The second-order valence-electron chi connectivity index (χ2n) is 10.8. The van der Waals surface area contributed by atoms with E-state index >= 15 is 8.78 Å². The first-order chi connectivity index (χ1) is 19.6. The molecule has 212 valence electrons. The molecule has 6 nitrogen and oxygen atoms in total. The lowest BCUT2D eigenvalue weighted by Crippen LogP contribution is -2.54. The third-order valence-electron chi connectivity index (χ3n) is 8.21. The molecule has 1 fully saturated rings. The summed E-state index contributed by atoms with van der Waals surface area (Å²) < 4.78 is 30.7. The minimum atomic E-state index is -3.13. The summed E-state index contributed by atoms with van der Waals surface area (Å²) in [6.45, 7) is 2.18. The van der Waals surface area contributed by atoms with Crippen LogP contribution in [0.25, 0.3) is 0 Å². The molecule has 1 unspecified atom stereocenters. The van der Waals surface area contributed by atoms with Crippen LogP contribution in [-0.4, -0.2) is 48.3 Å². The predicted octanol–water partition coefficient (Wildman–Crippen LogP) is 6.04. The van der Waals surface area contributed by atoms with Crippen molar-refractivity contribution < 1.29 is 23.2 Å². The zero-order valence-electron chi connectivity index (χ0n) is 22.2. The van der Waals surface area contributed by atoms with Crippen molar-refractivity contribution >= 4 is 40.7 Å². The second-order valence-corrected chi connectivity index (χ2v) is 11.6. The number of carbonyl (C=O) groups is 2. The second kappa shape index (κ2) is 10.5. The molecule has 41 heavy (non-hydrogen) atoms. The summed E-state index contributed by atoms with van der Waals surface area (Å²) >= 11 is 12.2. The summed E-state index contributed by atoms with van der Waals surface area (Å²) in [5.74, 6) is -3.82. The van der Waals surface area contributed by atoms with Crippen LogP contribution in [0.1, 0.15) is 51.0 Å². The van der Waals surface area contributed by atoms with E-state index in [1.807, 2.05) is 30.3 Å². The molecular formula is C31H27Cl2F2N3O3. The SMILES string of the molecule is Cc1cc(C2=NCC3(C2)c2cc(Cl)cc(Cl)c2C3(F)F)ccc1C(=O)N[C@@H]1CON(CCCc2ccccc2)C1=O. The van der Waals surface area contributed by atoms with E-state index in [0.717, 1.165) is 12.8 Å². The molecular weight excluding hydrogens is 571 g/mol. The molecule has 2 aliphatic heterocycles. The highest BCUT2D eigenvalue weighted by Crippen LogP contribution is 2.64. The maximum absolute atomic E-state index is 15.3. The van der Waals surface area contributed by atoms with Gasteiger partial charge in [0.15, 0.2) is 0 Å². The van der Waals surface area contributed by atoms with Crippen molar-refractivity contribution in [3.05, 3.63) is 104 Å². The first-order valence-electron chi connectivity index (χ1n) is 13.4. The molecule has 0 radical (unpaired) electrons. The van der Waals surface area contributed by atoms with Gasteiger partial charge in [-0.1, -0.05) is 59.6 Å². The molecule has 1 aliphatic carbocycles. The van der Waals surface area contributed by atoms with Crippen molar-refractivity contribution in [1.82, 2.24) is 10.4 Å². The Kier molecular flexibility index (Phi) is 7.12. The van der Waals surface area contributed by atoms with Gasteiger partial charge in [0.2, 0.25) is 0 Å². The molecule has 0 aromatic heterocycles. The summed E-state index contributed by atoms with van der Waals surface area (Å²) in [6, 6.07) is 17.2. The van der Waals surface area contributed by atoms with Crippen LogP contribution in [0.5, 0.6) is 0 Å². The molecule has 6 rings (SSSR count). The van der Waals surface area contributed by atoms with Crippen molar-refractivity contribution in [3.8, 4) is 0 Å². The van der Waals surface area contributed by atoms with Gasteiger partial charge in [-0.2, -0.15) is 0 Å². The van der Waals surface area contributed by atoms with Crippen LogP contribution in [0.4, 0.5) is 8.78 Å². The van der Waals surface area contributed by atoms with E-state index in [9.17, 15) is 9.59 Å². The molecule has 1 spiro atoms. The zero-order valence-corrected chi connectivity index (χ0v) is 23.7. The minimum absolute atomic E-state index is 0.0304. The minimum Gasteiger partial charge on any atom is -0.338 e. The van der Waals surface area contributed by atoms with E-state index in [1.54, 1.807) is 31.2 Å². The van der Waals surface area contributed by atoms with Crippen LogP contribution < -0.4 is 5.32 Å². The Bertz CT molecular complexity index is 1580. The summed E-state index contributed by atoms with van der Waals surface area (Å²) in [6.07, 6.45) is 1.58. The lowest BCUT2D eigenvalue weighted by molar-refractivity contribution is -0.161. The standard InChI is InChI=1S/C31H27Cl2F2N3O3/c1-18-12-20(25-15-30(17-36-25)23-13-21(32)14-24(33)27(23)31(30,34)35)9-10-22(18)28(39)37-26-16-41-38(29(26)40)11-5-8-19-6-3-2-4-7-19/h2-4,6-7,9-10,12-14,26H,5,8,11,15-17H2,1H3,(H,37,39)/t26-,30?/m1/s1. The Morgan fingerprint density at radius 1 is 1.15 bits per heavy atom. The number of aliphatic imine (C=N–C) groups is 1. The van der Waals surface area contributed by atoms with E-state index in [2.05, 4.69) is 10.3 Å². The lowest BCUT2D eigenvalue weighted by atomic mass is 9.59. The summed E-state index contributed by atoms with van der Waals surface area (Å²) in [5, 5.41) is 4.35. The summed E-state index contributed by atoms with van der Waals surface area (Å²) in [4.78, 5) is 35.9. The zero-order chi connectivity index (χ0) is 28.9. The largest absolute Gasteiger partial charge is 0.338 e. The van der Waals surface area contributed by atoms with Crippen LogP contribution in [0, 0.1) is 6.92 Å². The molecule has 0 saturated carbocycles. The van der Waals surface area contributed by atoms with E-state index in [1.165, 1.54) is 16.7 Å². The van der Waals surface area contributed by atoms with E-state index in [4.69, 9.17) is 28.0 Å². The number of hydrogen-bond donors (Lipinski definition) is 1. The maximum Gasteiger partial charge on any atom is 0.286 e. The third kappa shape index (κ3) is 4.72. The summed E-state index contributed by atoms with van der Waals surface area (Å²) in [5.41, 5.74) is 2.18. The predicted molar refractivity (Wildman–Crippen MR) is 153 cm³/mol. The molecule has 10 heteroatoms. The number of rotatable bonds is 7. The number of carbonyl (C=O) groups excluding carboxylic acids is 2. The van der Waals surface area contributed by atoms with Crippen molar-refractivity contribution in [2.75, 3.05) is 19.7 Å². The number of halogens is 4. The van der Waals surface area contributed by atoms with Gasteiger partial charge in [-0.3, -0.25) is 19.4 Å². The Morgan fingerprint density at radius 2 is 1.93 bits per heavy atom. The highest BCUT2D eigenvalue weighted by molar-refractivity contribution is 6.35. The van der Waals surface area contributed by atoms with Gasteiger partial charge in [0.05, 0.1) is 17.0 Å². The van der Waals surface area contributed by atoms with Gasteiger partial charge in [0.25, 0.3) is 17.7 Å². The van der Waals surface area contributed by atoms with E-state index in [-0.39, 0.29) is 36.1 Å². The number of hydrogen-bond acceptors (Lipinski definition) is 4. The topological polar surface area (TPSA) is 71.0 Å². The fourth-order valence-corrected chi connectivity index (χ4v) is 6.60. The number of alkyl halides is 2. The van der Waals surface area contributed by atoms with Crippen molar-refractivity contribution in [2.24, 2.45) is 4.99 Å². The van der Waals surface area contributed by atoms with Gasteiger partial charge in [0.1, 0.15) is 12.6 Å². The smallest absolute Gasteiger partial charge is 0.286 e. The van der Waals surface area contributed by atoms with Crippen LogP contribution in [0.2, 0.25) is 10.0 Å². The number of hydroxylamine groups is 2. The number of nitrogens with zero attached hydrogens (tertiary/aromatic N) is 2. The van der Waals surface area contributed by atoms with E-state index in [0.29, 0.717) is 39.5 Å². The number of benzene rings is 3. The van der Waals surface area contributed by atoms with Gasteiger partial charge in [-0.25, -0.2) is 13.8 Å². The van der Waals surface area contributed by atoms with Gasteiger partial charge >= 0.3 is 0 Å². The van der Waals surface area contributed by atoms with Crippen LogP contribution in [0.3, 0.4) is 0 Å². The molecule has 0 bridgehead atoms. The number of nitrogens with one attached hydrogen (secondary N) is 1. The Labute approximate surface area is 246 Å². The average molecular weight is 598 g/mol. The number of aryl methyl sites for hydroxylation is 2. The van der Waals surface area contributed by atoms with Gasteiger partial charge < -0.3 is 5.32 Å². The quantitative estimate of drug-likeness (QED) is 0.361.